The van der Waals surface area contributed by atoms with Crippen molar-refractivity contribution in [1.82, 2.24) is 4.90 Å². The molecule has 0 spiro atoms. The van der Waals surface area contributed by atoms with Crippen LogP contribution in [-0.2, 0) is 9.59 Å². The molecule has 3 heterocycles. The Balaban J connectivity index is 1.65. The van der Waals surface area contributed by atoms with Gasteiger partial charge >= 0.3 is 5.97 Å². The highest BCUT2D eigenvalue weighted by Crippen LogP contribution is 2.32. The monoisotopic (exact) mass is 306 g/mol. The highest BCUT2D eigenvalue weighted by atomic mass is 32.2. The molecule has 21 heavy (non-hydrogen) atoms. The Kier molecular flexibility index (Phi) is 3.83. The summed E-state index contributed by atoms with van der Waals surface area (Å²) in [6.07, 6.45) is 4.39. The molecule has 0 radical (unpaired) electrons. The molecule has 3 rings (SSSR count). The third-order valence-corrected chi connectivity index (χ3v) is 4.58. The second-order valence-corrected chi connectivity index (χ2v) is 5.93. The van der Waals surface area contributed by atoms with E-state index in [1.54, 1.807) is 24.5 Å². The zero-order chi connectivity index (χ0) is 14.8. The lowest BCUT2D eigenvalue weighted by Crippen LogP contribution is -2.38. The second kappa shape index (κ2) is 5.77. The highest BCUT2D eigenvalue weighted by molar-refractivity contribution is 8.18. The maximum absolute atomic E-state index is 11.9. The summed E-state index contributed by atoms with van der Waals surface area (Å²) in [7, 11) is 0. The van der Waals surface area contributed by atoms with Crippen LogP contribution in [0.4, 0.5) is 0 Å². The van der Waals surface area contributed by atoms with E-state index in [1.165, 1.54) is 11.8 Å². The molecule has 0 atom stereocenters. The molecular formula is C14H14N2O4S. The predicted molar refractivity (Wildman–Crippen MR) is 78.7 cm³/mol. The molecule has 0 aromatic carbocycles. The molecule has 6 nitrogen and oxygen atoms in total. The van der Waals surface area contributed by atoms with Crippen molar-refractivity contribution < 1.29 is 19.1 Å². The number of carboxylic acid groups (broad SMARTS) is 1. The molecule has 0 unspecified atom stereocenters. The molecule has 7 heteroatoms. The number of amidine groups is 1. The van der Waals surface area contributed by atoms with Crippen LogP contribution < -0.4 is 0 Å². The summed E-state index contributed by atoms with van der Waals surface area (Å²) < 4.78 is 5.19. The van der Waals surface area contributed by atoms with Crippen molar-refractivity contribution in [2.45, 2.75) is 12.8 Å². The smallest absolute Gasteiger partial charge is 0.306 e. The molecule has 1 saturated heterocycles. The first-order valence-corrected chi connectivity index (χ1v) is 7.49. The van der Waals surface area contributed by atoms with Gasteiger partial charge in [0.05, 0.1) is 17.1 Å². The minimum Gasteiger partial charge on any atom is -0.481 e. The van der Waals surface area contributed by atoms with E-state index in [0.717, 1.165) is 0 Å². The van der Waals surface area contributed by atoms with Gasteiger partial charge in [-0.1, -0.05) is 0 Å². The first-order valence-electron chi connectivity index (χ1n) is 6.67. The fourth-order valence-corrected chi connectivity index (χ4v) is 3.30. The second-order valence-electron chi connectivity index (χ2n) is 4.93. The zero-order valence-corrected chi connectivity index (χ0v) is 12.0. The summed E-state index contributed by atoms with van der Waals surface area (Å²) in [5, 5.41) is 9.64. The van der Waals surface area contributed by atoms with Crippen LogP contribution >= 0.6 is 11.8 Å². The number of hydrogen-bond donors (Lipinski definition) is 1. The molecule has 0 aliphatic carbocycles. The lowest BCUT2D eigenvalue weighted by Gasteiger charge is -2.30. The first-order chi connectivity index (χ1) is 10.1. The van der Waals surface area contributed by atoms with Gasteiger partial charge in [0.25, 0.3) is 5.91 Å². The summed E-state index contributed by atoms with van der Waals surface area (Å²) in [4.78, 5) is 29.4. The molecule has 2 aliphatic heterocycles. The number of likely N-dealkylation sites (tertiary alicyclic amines) is 1. The van der Waals surface area contributed by atoms with E-state index in [0.29, 0.717) is 41.8 Å². The normalized spacial score (nSPS) is 21.9. The van der Waals surface area contributed by atoms with E-state index in [2.05, 4.69) is 4.99 Å². The summed E-state index contributed by atoms with van der Waals surface area (Å²) in [5.74, 6) is -0.689. The Morgan fingerprint density at radius 1 is 1.48 bits per heavy atom. The number of carboxylic acids is 1. The third kappa shape index (κ3) is 3.02. The average Bonchev–Trinajstić information content (AvgIpc) is 3.10. The Labute approximate surface area is 125 Å². The minimum atomic E-state index is -0.745. The number of carbonyl (C=O) groups excluding carboxylic acids is 1. The van der Waals surface area contributed by atoms with Crippen molar-refractivity contribution in [1.29, 1.82) is 0 Å². The van der Waals surface area contributed by atoms with Crippen LogP contribution in [0.25, 0.3) is 6.08 Å². The molecule has 1 N–H and O–H groups in total. The Morgan fingerprint density at radius 3 is 2.86 bits per heavy atom. The van der Waals surface area contributed by atoms with Gasteiger partial charge in [-0.2, -0.15) is 4.99 Å². The summed E-state index contributed by atoms with van der Waals surface area (Å²) in [5.41, 5.74) is 0. The molecule has 2 aliphatic rings. The molecule has 0 bridgehead atoms. The van der Waals surface area contributed by atoms with Crippen molar-refractivity contribution in [2.75, 3.05) is 13.1 Å². The van der Waals surface area contributed by atoms with Crippen molar-refractivity contribution in [2.24, 2.45) is 10.9 Å². The number of carbonyl (C=O) groups is 2. The number of piperidine rings is 1. The Bertz CT molecular complexity index is 613. The standard InChI is InChI=1S/C14H14N2O4S/c17-12-11(8-10-2-1-7-20-10)21-14(15-12)16-5-3-9(4-6-16)13(18)19/h1-2,7-9H,3-6H2,(H,18,19)/b11-8-. The van der Waals surface area contributed by atoms with Gasteiger partial charge in [-0.15, -0.1) is 0 Å². The Morgan fingerprint density at radius 2 is 2.24 bits per heavy atom. The maximum atomic E-state index is 11.9. The van der Waals surface area contributed by atoms with Gasteiger partial charge in [0.1, 0.15) is 5.76 Å². The number of aliphatic imine (C=N–C) groups is 1. The average molecular weight is 306 g/mol. The number of amides is 1. The van der Waals surface area contributed by atoms with Gasteiger partial charge in [0, 0.05) is 19.2 Å². The third-order valence-electron chi connectivity index (χ3n) is 3.54. The van der Waals surface area contributed by atoms with E-state index in [4.69, 9.17) is 9.52 Å². The predicted octanol–water partition coefficient (Wildman–Crippen LogP) is 2.05. The summed E-state index contributed by atoms with van der Waals surface area (Å²) >= 11 is 1.31. The maximum Gasteiger partial charge on any atom is 0.306 e. The number of nitrogens with zero attached hydrogens (tertiary/aromatic N) is 2. The van der Waals surface area contributed by atoms with Gasteiger partial charge < -0.3 is 14.4 Å². The summed E-state index contributed by atoms with van der Waals surface area (Å²) in [6.45, 7) is 1.23. The van der Waals surface area contributed by atoms with Crippen molar-refractivity contribution >= 4 is 34.9 Å². The van der Waals surface area contributed by atoms with Crippen LogP contribution in [-0.4, -0.2) is 40.1 Å². The molecule has 0 saturated carbocycles. The molecule has 110 valence electrons. The lowest BCUT2D eigenvalue weighted by atomic mass is 9.98. The molecular weight excluding hydrogens is 292 g/mol. The molecule has 1 aromatic heterocycles. The van der Waals surface area contributed by atoms with Crippen LogP contribution in [0.2, 0.25) is 0 Å². The molecule has 1 amide bonds. The fraction of sp³-hybridized carbons (Fsp3) is 0.357. The summed E-state index contributed by atoms with van der Waals surface area (Å²) in [6, 6.07) is 3.53. The van der Waals surface area contributed by atoms with Gasteiger partial charge in [-0.3, -0.25) is 9.59 Å². The minimum absolute atomic E-state index is 0.272. The molecule has 1 fully saturated rings. The van der Waals surface area contributed by atoms with E-state index < -0.39 is 5.97 Å². The van der Waals surface area contributed by atoms with Crippen LogP contribution in [0.3, 0.4) is 0 Å². The van der Waals surface area contributed by atoms with Crippen LogP contribution in [0.1, 0.15) is 18.6 Å². The van der Waals surface area contributed by atoms with Gasteiger partial charge in [-0.05, 0) is 36.7 Å². The molecule has 1 aromatic rings. The van der Waals surface area contributed by atoms with Gasteiger partial charge in [-0.25, -0.2) is 0 Å². The fourth-order valence-electron chi connectivity index (χ4n) is 2.35. The number of furan rings is 1. The number of thioether (sulfide) groups is 1. The first kappa shape index (κ1) is 13.9. The SMILES string of the molecule is O=C1N=C(N2CCC(C(=O)O)CC2)S/C1=C\c1ccco1. The van der Waals surface area contributed by atoms with E-state index >= 15 is 0 Å². The largest absolute Gasteiger partial charge is 0.481 e. The lowest BCUT2D eigenvalue weighted by molar-refractivity contribution is -0.143. The highest BCUT2D eigenvalue weighted by Gasteiger charge is 2.31. The van der Waals surface area contributed by atoms with E-state index in [-0.39, 0.29) is 11.8 Å². The Hall–Kier alpha value is -2.02. The van der Waals surface area contributed by atoms with Gasteiger partial charge in [0.2, 0.25) is 0 Å². The van der Waals surface area contributed by atoms with Crippen molar-refractivity contribution in [3.05, 3.63) is 29.1 Å². The quantitative estimate of drug-likeness (QED) is 0.842. The zero-order valence-electron chi connectivity index (χ0n) is 11.2. The van der Waals surface area contributed by atoms with Crippen LogP contribution in [0.5, 0.6) is 0 Å². The van der Waals surface area contributed by atoms with Crippen molar-refractivity contribution in [3.8, 4) is 0 Å². The van der Waals surface area contributed by atoms with Gasteiger partial charge in [0.15, 0.2) is 5.17 Å². The van der Waals surface area contributed by atoms with Crippen LogP contribution in [0.15, 0.2) is 32.7 Å². The number of rotatable bonds is 2. The van der Waals surface area contributed by atoms with E-state index in [1.807, 2.05) is 4.90 Å². The topological polar surface area (TPSA) is 83.1 Å². The van der Waals surface area contributed by atoms with Crippen LogP contribution in [0, 0.1) is 5.92 Å². The van der Waals surface area contributed by atoms with E-state index in [9.17, 15) is 9.59 Å². The number of hydrogen-bond acceptors (Lipinski definition) is 5. The number of aliphatic carboxylic acids is 1. The van der Waals surface area contributed by atoms with Crippen molar-refractivity contribution in [3.63, 3.8) is 0 Å².